The van der Waals surface area contributed by atoms with Crippen molar-refractivity contribution in [2.75, 3.05) is 0 Å². The van der Waals surface area contributed by atoms with Crippen molar-refractivity contribution in [2.45, 2.75) is 39.5 Å². The van der Waals surface area contributed by atoms with E-state index in [-0.39, 0.29) is 0 Å². The van der Waals surface area contributed by atoms with Crippen LogP contribution in [0.15, 0.2) is 23.3 Å². The summed E-state index contributed by atoms with van der Waals surface area (Å²) in [5.41, 5.74) is 10.0. The van der Waals surface area contributed by atoms with E-state index in [1.807, 2.05) is 12.3 Å². The third-order valence-electron chi connectivity index (χ3n) is 3.29. The van der Waals surface area contributed by atoms with Crippen LogP contribution in [0.25, 0.3) is 5.70 Å². The molecule has 3 heteroatoms. The molecule has 2 N–H and O–H groups in total. The zero-order valence-corrected chi connectivity index (χ0v) is 10.7. The Hall–Kier alpha value is -1.64. The summed E-state index contributed by atoms with van der Waals surface area (Å²) in [6, 6.07) is 2.21. The van der Waals surface area contributed by atoms with Crippen LogP contribution in [0.1, 0.15) is 49.4 Å². The fourth-order valence-corrected chi connectivity index (χ4v) is 1.97. The van der Waals surface area contributed by atoms with Gasteiger partial charge in [0.1, 0.15) is 5.84 Å². The maximum absolute atomic E-state index is 5.68. The van der Waals surface area contributed by atoms with Gasteiger partial charge in [-0.2, -0.15) is 0 Å². The lowest BCUT2D eigenvalue weighted by atomic mass is 9.98. The van der Waals surface area contributed by atoms with Crippen LogP contribution in [-0.2, 0) is 0 Å². The molecule has 17 heavy (non-hydrogen) atoms. The summed E-state index contributed by atoms with van der Waals surface area (Å²) >= 11 is 0. The van der Waals surface area contributed by atoms with Crippen molar-refractivity contribution in [3.63, 3.8) is 0 Å². The average Bonchev–Trinajstić information content (AvgIpc) is 2.74. The van der Waals surface area contributed by atoms with Crippen LogP contribution in [0, 0.1) is 6.92 Å². The second-order valence-corrected chi connectivity index (χ2v) is 4.64. The summed E-state index contributed by atoms with van der Waals surface area (Å²) in [7, 11) is 0. The normalized spacial score (nSPS) is 16.6. The Kier molecular flexibility index (Phi) is 3.27. The Balaban J connectivity index is 2.33. The molecule has 0 saturated carbocycles. The first kappa shape index (κ1) is 11.8. The number of rotatable bonds is 3. The van der Waals surface area contributed by atoms with Crippen molar-refractivity contribution < 1.29 is 0 Å². The Labute approximate surface area is 102 Å². The quantitative estimate of drug-likeness (QED) is 0.866. The summed E-state index contributed by atoms with van der Waals surface area (Å²) < 4.78 is 0. The van der Waals surface area contributed by atoms with Crippen LogP contribution < -0.4 is 5.73 Å². The monoisotopic (exact) mass is 229 g/mol. The lowest BCUT2D eigenvalue weighted by Gasteiger charge is -2.11. The van der Waals surface area contributed by atoms with Gasteiger partial charge in [0, 0.05) is 12.6 Å². The van der Waals surface area contributed by atoms with E-state index in [4.69, 9.17) is 5.73 Å². The summed E-state index contributed by atoms with van der Waals surface area (Å²) in [5, 5.41) is 0. The molecule has 0 saturated heterocycles. The number of aryl methyl sites for hydroxylation is 1. The van der Waals surface area contributed by atoms with E-state index in [1.165, 1.54) is 11.1 Å². The van der Waals surface area contributed by atoms with E-state index in [1.54, 1.807) is 0 Å². The molecule has 90 valence electrons. The fraction of sp³-hybridized carbons (Fsp3) is 0.429. The second kappa shape index (κ2) is 4.70. The SMILES string of the molecule is CC[C@@H](C)c1cnc(C2=CCC(N)=N2)c(C)c1. The minimum Gasteiger partial charge on any atom is -0.387 e. The van der Waals surface area contributed by atoms with Gasteiger partial charge in [0.05, 0.1) is 11.4 Å². The van der Waals surface area contributed by atoms with Gasteiger partial charge in [-0.05, 0) is 36.5 Å². The molecular weight excluding hydrogens is 210 g/mol. The Morgan fingerprint density at radius 3 is 2.76 bits per heavy atom. The maximum atomic E-state index is 5.68. The molecule has 2 heterocycles. The van der Waals surface area contributed by atoms with E-state index in [0.717, 1.165) is 24.2 Å². The predicted molar refractivity (Wildman–Crippen MR) is 71.9 cm³/mol. The van der Waals surface area contributed by atoms with Gasteiger partial charge in [-0.15, -0.1) is 0 Å². The van der Waals surface area contributed by atoms with Gasteiger partial charge < -0.3 is 5.73 Å². The van der Waals surface area contributed by atoms with Crippen LogP contribution in [0.2, 0.25) is 0 Å². The molecule has 0 unspecified atom stereocenters. The van der Waals surface area contributed by atoms with Crippen molar-refractivity contribution in [3.05, 3.63) is 35.2 Å². The molecule has 1 aliphatic heterocycles. The number of nitrogens with two attached hydrogens (primary N) is 1. The zero-order valence-electron chi connectivity index (χ0n) is 10.7. The maximum Gasteiger partial charge on any atom is 0.104 e. The molecule has 0 bridgehead atoms. The molecular formula is C14H19N3. The Morgan fingerprint density at radius 2 is 2.24 bits per heavy atom. The Morgan fingerprint density at radius 1 is 1.47 bits per heavy atom. The molecule has 1 aliphatic rings. The van der Waals surface area contributed by atoms with Crippen LogP contribution in [0.3, 0.4) is 0 Å². The molecule has 0 fully saturated rings. The zero-order chi connectivity index (χ0) is 12.4. The van der Waals surface area contributed by atoms with Crippen molar-refractivity contribution in [2.24, 2.45) is 10.7 Å². The van der Waals surface area contributed by atoms with Crippen LogP contribution >= 0.6 is 0 Å². The van der Waals surface area contributed by atoms with Gasteiger partial charge in [-0.25, -0.2) is 4.99 Å². The summed E-state index contributed by atoms with van der Waals surface area (Å²) in [5.74, 6) is 1.23. The van der Waals surface area contributed by atoms with E-state index >= 15 is 0 Å². The number of amidine groups is 1. The first-order valence-electron chi connectivity index (χ1n) is 6.12. The van der Waals surface area contributed by atoms with Gasteiger partial charge in [0.2, 0.25) is 0 Å². The van der Waals surface area contributed by atoms with Crippen molar-refractivity contribution >= 4 is 11.5 Å². The number of nitrogens with zero attached hydrogens (tertiary/aromatic N) is 2. The van der Waals surface area contributed by atoms with E-state index in [9.17, 15) is 0 Å². The Bertz CT molecular complexity index is 486. The highest BCUT2D eigenvalue weighted by Gasteiger charge is 2.13. The molecule has 1 aromatic heterocycles. The van der Waals surface area contributed by atoms with Crippen molar-refractivity contribution in [1.82, 2.24) is 4.98 Å². The van der Waals surface area contributed by atoms with Gasteiger partial charge in [-0.1, -0.05) is 19.9 Å². The van der Waals surface area contributed by atoms with Gasteiger partial charge >= 0.3 is 0 Å². The molecule has 0 radical (unpaired) electrons. The van der Waals surface area contributed by atoms with E-state index in [2.05, 4.69) is 36.8 Å². The first-order chi connectivity index (χ1) is 8.11. The molecule has 1 aromatic rings. The van der Waals surface area contributed by atoms with Gasteiger partial charge in [-0.3, -0.25) is 4.98 Å². The van der Waals surface area contributed by atoms with Gasteiger partial charge in [0.15, 0.2) is 0 Å². The first-order valence-corrected chi connectivity index (χ1v) is 6.12. The minimum absolute atomic E-state index is 0.557. The number of aliphatic imine (C=N–C) groups is 1. The standard InChI is InChI=1S/C14H19N3/c1-4-9(2)11-7-10(3)14(16-8-11)12-5-6-13(15)17-12/h5,7-9H,4,6H2,1-3H3,(H2,15,17)/t9-/m1/s1. The van der Waals surface area contributed by atoms with Crippen molar-refractivity contribution in [3.8, 4) is 0 Å². The summed E-state index contributed by atoms with van der Waals surface area (Å²) in [6.45, 7) is 6.50. The topological polar surface area (TPSA) is 51.3 Å². The van der Waals surface area contributed by atoms with E-state index in [0.29, 0.717) is 11.8 Å². The number of hydrogen-bond donors (Lipinski definition) is 1. The highest BCUT2D eigenvalue weighted by atomic mass is 14.9. The fourth-order valence-electron chi connectivity index (χ4n) is 1.97. The molecule has 3 nitrogen and oxygen atoms in total. The molecule has 0 aromatic carbocycles. The van der Waals surface area contributed by atoms with E-state index < -0.39 is 0 Å². The van der Waals surface area contributed by atoms with Crippen LogP contribution in [0.4, 0.5) is 0 Å². The number of pyridine rings is 1. The molecule has 0 spiro atoms. The number of hydrogen-bond acceptors (Lipinski definition) is 3. The lowest BCUT2D eigenvalue weighted by molar-refractivity contribution is 0.728. The average molecular weight is 229 g/mol. The lowest BCUT2D eigenvalue weighted by Crippen LogP contribution is -2.06. The minimum atomic E-state index is 0.557. The smallest absolute Gasteiger partial charge is 0.104 e. The number of aromatic nitrogens is 1. The summed E-state index contributed by atoms with van der Waals surface area (Å²) in [4.78, 5) is 8.84. The molecule has 2 rings (SSSR count). The van der Waals surface area contributed by atoms with Gasteiger partial charge in [0.25, 0.3) is 0 Å². The largest absolute Gasteiger partial charge is 0.387 e. The third kappa shape index (κ3) is 2.38. The highest BCUT2D eigenvalue weighted by Crippen LogP contribution is 2.25. The molecule has 0 aliphatic carbocycles. The van der Waals surface area contributed by atoms with Crippen LogP contribution in [-0.4, -0.2) is 10.8 Å². The highest BCUT2D eigenvalue weighted by molar-refractivity contribution is 5.92. The second-order valence-electron chi connectivity index (χ2n) is 4.64. The summed E-state index contributed by atoms with van der Waals surface area (Å²) in [6.07, 6.45) is 5.87. The van der Waals surface area contributed by atoms with Crippen molar-refractivity contribution in [1.29, 1.82) is 0 Å². The third-order valence-corrected chi connectivity index (χ3v) is 3.29. The predicted octanol–water partition coefficient (Wildman–Crippen LogP) is 3.01. The molecule has 1 atom stereocenters. The van der Waals surface area contributed by atoms with Crippen LogP contribution in [0.5, 0.6) is 0 Å². The molecule has 0 amide bonds.